The SMILES string of the molecule is Cc1ncnc(N2CC3CN(Cc4cn5ccsc5n4)CC3C2)c1C. The van der Waals surface area contributed by atoms with Crippen LogP contribution in [0, 0.1) is 25.7 Å². The first-order chi connectivity index (χ1) is 12.2. The van der Waals surface area contributed by atoms with Crippen molar-refractivity contribution >= 4 is 22.1 Å². The second kappa shape index (κ2) is 5.78. The van der Waals surface area contributed by atoms with Crippen LogP contribution in [0.1, 0.15) is 17.0 Å². The van der Waals surface area contributed by atoms with E-state index in [1.165, 1.54) is 11.3 Å². The number of thiazole rings is 1. The second-order valence-corrected chi connectivity index (χ2v) is 8.23. The lowest BCUT2D eigenvalue weighted by Crippen LogP contribution is -2.29. The van der Waals surface area contributed by atoms with Crippen LogP contribution in [0.4, 0.5) is 5.82 Å². The highest BCUT2D eigenvalue weighted by Gasteiger charge is 2.40. The summed E-state index contributed by atoms with van der Waals surface area (Å²) in [5.41, 5.74) is 3.49. The monoisotopic (exact) mass is 354 g/mol. The van der Waals surface area contributed by atoms with E-state index in [2.05, 4.69) is 55.8 Å². The molecule has 5 heterocycles. The number of imidazole rings is 1. The van der Waals surface area contributed by atoms with E-state index in [1.54, 1.807) is 17.7 Å². The zero-order valence-electron chi connectivity index (χ0n) is 14.6. The van der Waals surface area contributed by atoms with Crippen molar-refractivity contribution < 1.29 is 0 Å². The van der Waals surface area contributed by atoms with Gasteiger partial charge in [0.15, 0.2) is 4.96 Å². The van der Waals surface area contributed by atoms with E-state index in [1.807, 2.05) is 0 Å². The number of nitrogens with zero attached hydrogens (tertiary/aromatic N) is 6. The fraction of sp³-hybridized carbons (Fsp3) is 0.500. The van der Waals surface area contributed by atoms with Gasteiger partial charge in [-0.2, -0.15) is 0 Å². The molecule has 6 nitrogen and oxygen atoms in total. The van der Waals surface area contributed by atoms with Gasteiger partial charge >= 0.3 is 0 Å². The first-order valence-corrected chi connectivity index (χ1v) is 9.72. The molecule has 0 amide bonds. The summed E-state index contributed by atoms with van der Waals surface area (Å²) in [4.78, 5) is 19.7. The first-order valence-electron chi connectivity index (χ1n) is 8.84. The quantitative estimate of drug-likeness (QED) is 0.723. The van der Waals surface area contributed by atoms with Crippen LogP contribution in [-0.2, 0) is 6.54 Å². The molecule has 0 radical (unpaired) electrons. The van der Waals surface area contributed by atoms with Crippen LogP contribution >= 0.6 is 11.3 Å². The lowest BCUT2D eigenvalue weighted by molar-refractivity contribution is 0.305. The van der Waals surface area contributed by atoms with Gasteiger partial charge in [-0.1, -0.05) is 0 Å². The topological polar surface area (TPSA) is 49.6 Å². The normalized spacial score (nSPS) is 23.7. The number of anilines is 1. The fourth-order valence-corrected chi connectivity index (χ4v) is 5.04. The predicted octanol–water partition coefficient (Wildman–Crippen LogP) is 2.37. The van der Waals surface area contributed by atoms with Gasteiger partial charge in [0.25, 0.3) is 0 Å². The van der Waals surface area contributed by atoms with Crippen molar-refractivity contribution in [3.8, 4) is 0 Å². The predicted molar refractivity (Wildman–Crippen MR) is 99.0 cm³/mol. The number of aromatic nitrogens is 4. The molecule has 2 atom stereocenters. The molecule has 3 aromatic heterocycles. The van der Waals surface area contributed by atoms with Gasteiger partial charge in [0.2, 0.25) is 0 Å². The Hall–Kier alpha value is -1.99. The molecule has 2 aliphatic rings. The largest absolute Gasteiger partial charge is 0.356 e. The van der Waals surface area contributed by atoms with Crippen LogP contribution in [-0.4, -0.2) is 50.4 Å². The van der Waals surface area contributed by atoms with Crippen molar-refractivity contribution in [2.24, 2.45) is 11.8 Å². The summed E-state index contributed by atoms with van der Waals surface area (Å²) in [6.07, 6.45) is 5.95. The highest BCUT2D eigenvalue weighted by Crippen LogP contribution is 2.35. The number of fused-ring (bicyclic) bond motifs is 2. The third-order valence-electron chi connectivity index (χ3n) is 5.70. The van der Waals surface area contributed by atoms with E-state index in [9.17, 15) is 0 Å². The van der Waals surface area contributed by atoms with Gasteiger partial charge in [-0.3, -0.25) is 9.30 Å². The molecule has 0 N–H and O–H groups in total. The van der Waals surface area contributed by atoms with Crippen LogP contribution in [0.2, 0.25) is 0 Å². The zero-order valence-corrected chi connectivity index (χ0v) is 15.4. The molecule has 7 heteroatoms. The summed E-state index contributed by atoms with van der Waals surface area (Å²) < 4.78 is 2.12. The molecule has 0 aromatic carbocycles. The van der Waals surface area contributed by atoms with Crippen molar-refractivity contribution in [1.29, 1.82) is 0 Å². The Balaban J connectivity index is 1.26. The van der Waals surface area contributed by atoms with Gasteiger partial charge in [0, 0.05) is 61.8 Å². The Morgan fingerprint density at radius 3 is 2.68 bits per heavy atom. The zero-order chi connectivity index (χ0) is 17.0. The minimum atomic E-state index is 0.735. The number of aryl methyl sites for hydroxylation is 1. The average molecular weight is 354 g/mol. The summed E-state index contributed by atoms with van der Waals surface area (Å²) in [6.45, 7) is 9.70. The third kappa shape index (κ3) is 2.62. The van der Waals surface area contributed by atoms with Crippen molar-refractivity contribution in [3.63, 3.8) is 0 Å². The van der Waals surface area contributed by atoms with Crippen molar-refractivity contribution in [2.45, 2.75) is 20.4 Å². The summed E-state index contributed by atoms with van der Waals surface area (Å²) in [7, 11) is 0. The number of likely N-dealkylation sites (tertiary alicyclic amines) is 1. The molecule has 2 unspecified atom stereocenters. The van der Waals surface area contributed by atoms with E-state index in [0.29, 0.717) is 0 Å². The molecule has 0 saturated carbocycles. The van der Waals surface area contributed by atoms with Gasteiger partial charge in [0.1, 0.15) is 12.1 Å². The van der Waals surface area contributed by atoms with Crippen LogP contribution in [0.15, 0.2) is 24.1 Å². The minimum Gasteiger partial charge on any atom is -0.356 e. The first kappa shape index (κ1) is 15.3. The highest BCUT2D eigenvalue weighted by molar-refractivity contribution is 7.15. The summed E-state index contributed by atoms with van der Waals surface area (Å²) in [5.74, 6) is 2.60. The highest BCUT2D eigenvalue weighted by atomic mass is 32.1. The molecule has 3 aromatic rings. The molecule has 0 bridgehead atoms. The van der Waals surface area contributed by atoms with Gasteiger partial charge in [-0.25, -0.2) is 15.0 Å². The molecule has 2 fully saturated rings. The molecule has 0 spiro atoms. The van der Waals surface area contributed by atoms with Gasteiger partial charge in [0.05, 0.1) is 5.69 Å². The maximum Gasteiger partial charge on any atom is 0.193 e. The summed E-state index contributed by atoms with van der Waals surface area (Å²) >= 11 is 1.70. The Kier molecular flexibility index (Phi) is 3.53. The molecule has 130 valence electrons. The lowest BCUT2D eigenvalue weighted by atomic mass is 10.0. The van der Waals surface area contributed by atoms with E-state index >= 15 is 0 Å². The maximum atomic E-state index is 4.73. The standard InChI is InChI=1S/C18H22N6S/c1-12-13(2)19-11-20-17(12)24-7-14-5-22(6-15(14)8-24)9-16-10-23-3-4-25-18(23)21-16/h3-4,10-11,14-15H,5-9H2,1-2H3. The molecular weight excluding hydrogens is 332 g/mol. The number of hydrogen-bond donors (Lipinski definition) is 0. The molecule has 5 rings (SSSR count). The molecule has 25 heavy (non-hydrogen) atoms. The van der Waals surface area contributed by atoms with Crippen molar-refractivity contribution in [1.82, 2.24) is 24.3 Å². The maximum absolute atomic E-state index is 4.73. The molecule has 2 aliphatic heterocycles. The Morgan fingerprint density at radius 2 is 1.92 bits per heavy atom. The van der Waals surface area contributed by atoms with Crippen molar-refractivity contribution in [3.05, 3.63) is 41.1 Å². The number of hydrogen-bond acceptors (Lipinski definition) is 6. The van der Waals surface area contributed by atoms with Crippen LogP contribution in [0.3, 0.4) is 0 Å². The van der Waals surface area contributed by atoms with Crippen LogP contribution in [0.5, 0.6) is 0 Å². The van der Waals surface area contributed by atoms with E-state index in [-0.39, 0.29) is 0 Å². The van der Waals surface area contributed by atoms with Gasteiger partial charge in [-0.15, -0.1) is 11.3 Å². The Labute approximate surface area is 151 Å². The lowest BCUT2D eigenvalue weighted by Gasteiger charge is -2.23. The van der Waals surface area contributed by atoms with E-state index in [4.69, 9.17) is 4.98 Å². The minimum absolute atomic E-state index is 0.735. The third-order valence-corrected chi connectivity index (χ3v) is 6.47. The molecule has 2 saturated heterocycles. The Bertz CT molecular complexity index is 873. The fourth-order valence-electron chi connectivity index (χ4n) is 4.32. The van der Waals surface area contributed by atoms with Gasteiger partial charge < -0.3 is 4.90 Å². The molecule has 0 aliphatic carbocycles. The summed E-state index contributed by atoms with van der Waals surface area (Å²) in [5, 5.41) is 2.08. The van der Waals surface area contributed by atoms with Gasteiger partial charge in [-0.05, 0) is 25.7 Å². The van der Waals surface area contributed by atoms with E-state index < -0.39 is 0 Å². The van der Waals surface area contributed by atoms with Crippen LogP contribution in [0.25, 0.3) is 4.96 Å². The van der Waals surface area contributed by atoms with E-state index in [0.717, 1.165) is 61.0 Å². The van der Waals surface area contributed by atoms with Crippen molar-refractivity contribution in [2.75, 3.05) is 31.1 Å². The Morgan fingerprint density at radius 1 is 1.12 bits per heavy atom. The molecular formula is C18H22N6S. The number of rotatable bonds is 3. The van der Waals surface area contributed by atoms with Crippen LogP contribution < -0.4 is 4.90 Å². The average Bonchev–Trinajstić information content (AvgIpc) is 3.29. The smallest absolute Gasteiger partial charge is 0.193 e. The second-order valence-electron chi connectivity index (χ2n) is 7.35. The summed E-state index contributed by atoms with van der Waals surface area (Å²) in [6, 6.07) is 0.